The van der Waals surface area contributed by atoms with Crippen molar-refractivity contribution < 1.29 is 14.4 Å². The Morgan fingerprint density at radius 2 is 1.84 bits per heavy atom. The minimum atomic E-state index is -4.18. The Morgan fingerprint density at radius 3 is 2.53 bits per heavy atom. The van der Waals surface area contributed by atoms with Crippen LogP contribution in [-0.2, 0) is 4.57 Å². The fourth-order valence-corrected chi connectivity index (χ4v) is 1.77. The van der Waals surface area contributed by atoms with Gasteiger partial charge in [-0.25, -0.2) is 0 Å². The molecule has 0 aliphatic heterocycles. The van der Waals surface area contributed by atoms with Crippen molar-refractivity contribution >= 4 is 18.6 Å². The van der Waals surface area contributed by atoms with E-state index in [1.54, 1.807) is 18.2 Å². The molecule has 8 heteroatoms. The highest BCUT2D eigenvalue weighted by molar-refractivity contribution is 7.52. The summed E-state index contributed by atoms with van der Waals surface area (Å²) in [6.45, 7) is 0. The van der Waals surface area contributed by atoms with Crippen LogP contribution in [0.1, 0.15) is 5.56 Å². The number of fused-ring (bicyclic) bond motifs is 1. The molecule has 0 radical (unpaired) electrons. The van der Waals surface area contributed by atoms with Gasteiger partial charge >= 0.3 is 18.7 Å². The topological polar surface area (TPSA) is 123 Å². The number of hydrogen-bond acceptors (Lipinski definition) is 3. The van der Waals surface area contributed by atoms with Gasteiger partial charge in [-0.15, -0.1) is 0 Å². The van der Waals surface area contributed by atoms with Crippen LogP contribution in [0.4, 0.5) is 0 Å². The molecule has 0 aliphatic carbocycles. The highest BCUT2D eigenvalue weighted by Gasteiger charge is 2.09. The van der Waals surface area contributed by atoms with Gasteiger partial charge < -0.3 is 19.8 Å². The summed E-state index contributed by atoms with van der Waals surface area (Å²) in [5, 5.41) is 0. The molecule has 98 valence electrons. The number of para-hydroxylation sites is 1. The summed E-state index contributed by atoms with van der Waals surface area (Å²) in [5.74, 6) is 4.90. The predicted octanol–water partition coefficient (Wildman–Crippen LogP) is -0.254. The Kier molecular flexibility index (Phi) is 3.40. The van der Waals surface area contributed by atoms with E-state index in [1.807, 2.05) is 0 Å². The van der Waals surface area contributed by atoms with Gasteiger partial charge in [0, 0.05) is 0 Å². The Bertz CT molecular complexity index is 849. The van der Waals surface area contributed by atoms with E-state index in [1.165, 1.54) is 0 Å². The first-order chi connectivity index (χ1) is 8.87. The fourth-order valence-electron chi connectivity index (χ4n) is 1.48. The summed E-state index contributed by atoms with van der Waals surface area (Å²) in [4.78, 5) is 44.5. The standard InChI is InChI=1S/C11H9N2O5P/c14-10-11(15)13-9-7(3-1-5-8(9)12-10)4-2-6-19(16,17)18/h1,3,5H,6H2,(H,12,14)(H,13,15)(H2,16,17,18). The second kappa shape index (κ2) is 4.86. The minimum Gasteiger partial charge on any atom is -0.324 e. The molecule has 0 unspecified atom stereocenters. The summed E-state index contributed by atoms with van der Waals surface area (Å²) in [5.41, 5.74) is -0.484. The molecule has 2 aromatic rings. The lowest BCUT2D eigenvalue weighted by atomic mass is 10.2. The SMILES string of the molecule is O=c1[nH]c2cccc(C#CCP(=O)(O)O)c2[nH]c1=O. The largest absolute Gasteiger partial charge is 0.337 e. The number of H-pyrrole nitrogens is 2. The van der Waals surface area contributed by atoms with Crippen molar-refractivity contribution in [3.8, 4) is 11.8 Å². The normalized spacial score (nSPS) is 11.1. The number of aromatic amines is 2. The molecular formula is C11H9N2O5P. The lowest BCUT2D eigenvalue weighted by Gasteiger charge is -1.99. The summed E-state index contributed by atoms with van der Waals surface area (Å²) < 4.78 is 10.7. The average Bonchev–Trinajstić information content (AvgIpc) is 2.30. The molecule has 0 saturated carbocycles. The van der Waals surface area contributed by atoms with Gasteiger partial charge in [0.2, 0.25) is 0 Å². The van der Waals surface area contributed by atoms with E-state index >= 15 is 0 Å². The summed E-state index contributed by atoms with van der Waals surface area (Å²) >= 11 is 0. The van der Waals surface area contributed by atoms with E-state index in [0.717, 1.165) is 0 Å². The van der Waals surface area contributed by atoms with E-state index in [-0.39, 0.29) is 0 Å². The van der Waals surface area contributed by atoms with Crippen LogP contribution in [0.15, 0.2) is 27.8 Å². The smallest absolute Gasteiger partial charge is 0.324 e. The third-order valence-corrected chi connectivity index (χ3v) is 2.84. The first-order valence-corrected chi connectivity index (χ1v) is 6.95. The van der Waals surface area contributed by atoms with Crippen molar-refractivity contribution in [1.29, 1.82) is 0 Å². The zero-order valence-electron chi connectivity index (χ0n) is 9.51. The van der Waals surface area contributed by atoms with Gasteiger partial charge in [-0.05, 0) is 12.1 Å². The quantitative estimate of drug-likeness (QED) is 0.326. The van der Waals surface area contributed by atoms with Crippen LogP contribution < -0.4 is 11.1 Å². The molecule has 0 fully saturated rings. The van der Waals surface area contributed by atoms with E-state index in [9.17, 15) is 14.2 Å². The van der Waals surface area contributed by atoms with Crippen molar-refractivity contribution in [2.24, 2.45) is 0 Å². The van der Waals surface area contributed by atoms with Crippen LogP contribution in [0.2, 0.25) is 0 Å². The molecule has 1 heterocycles. The highest BCUT2D eigenvalue weighted by Crippen LogP contribution is 2.32. The molecule has 1 aromatic carbocycles. The van der Waals surface area contributed by atoms with Crippen LogP contribution in [0.3, 0.4) is 0 Å². The molecule has 4 N–H and O–H groups in total. The van der Waals surface area contributed by atoms with Crippen LogP contribution >= 0.6 is 7.60 Å². The van der Waals surface area contributed by atoms with E-state index in [4.69, 9.17) is 9.79 Å². The number of benzene rings is 1. The minimum absolute atomic E-state index is 0.324. The van der Waals surface area contributed by atoms with Gasteiger partial charge in [0.05, 0.1) is 16.6 Å². The molecular weight excluding hydrogens is 271 g/mol. The van der Waals surface area contributed by atoms with Crippen molar-refractivity contribution in [3.05, 3.63) is 44.5 Å². The maximum Gasteiger partial charge on any atom is 0.337 e. The number of aromatic nitrogens is 2. The third-order valence-electron chi connectivity index (χ3n) is 2.27. The summed E-state index contributed by atoms with van der Waals surface area (Å²) in [6, 6.07) is 4.77. The Balaban J connectivity index is 2.56. The molecule has 0 saturated heterocycles. The first-order valence-electron chi connectivity index (χ1n) is 5.15. The molecule has 0 bridgehead atoms. The maximum atomic E-state index is 11.2. The second-order valence-corrected chi connectivity index (χ2v) is 5.41. The molecule has 0 aliphatic rings. The molecule has 0 amide bonds. The maximum absolute atomic E-state index is 11.2. The van der Waals surface area contributed by atoms with Crippen LogP contribution in [0, 0.1) is 11.8 Å². The van der Waals surface area contributed by atoms with Crippen molar-refractivity contribution in [1.82, 2.24) is 9.97 Å². The summed E-state index contributed by atoms with van der Waals surface area (Å²) in [7, 11) is -4.18. The molecule has 19 heavy (non-hydrogen) atoms. The Labute approximate surface area is 106 Å². The Hall–Kier alpha value is -2.13. The molecule has 1 aromatic heterocycles. The van der Waals surface area contributed by atoms with Gasteiger partial charge in [0.25, 0.3) is 0 Å². The van der Waals surface area contributed by atoms with E-state index in [2.05, 4.69) is 21.8 Å². The van der Waals surface area contributed by atoms with Gasteiger partial charge in [-0.2, -0.15) is 0 Å². The monoisotopic (exact) mass is 280 g/mol. The summed E-state index contributed by atoms with van der Waals surface area (Å²) in [6.07, 6.45) is -0.572. The van der Waals surface area contributed by atoms with Gasteiger partial charge in [-0.1, -0.05) is 17.9 Å². The molecule has 0 spiro atoms. The van der Waals surface area contributed by atoms with Gasteiger partial charge in [0.15, 0.2) is 0 Å². The third kappa shape index (κ3) is 3.20. The highest BCUT2D eigenvalue weighted by atomic mass is 31.2. The molecule has 0 atom stereocenters. The number of hydrogen-bond donors (Lipinski definition) is 4. The van der Waals surface area contributed by atoms with Crippen molar-refractivity contribution in [3.63, 3.8) is 0 Å². The zero-order chi connectivity index (χ0) is 14.0. The lowest BCUT2D eigenvalue weighted by Crippen LogP contribution is -2.29. The molecule has 7 nitrogen and oxygen atoms in total. The van der Waals surface area contributed by atoms with Gasteiger partial charge in [-0.3, -0.25) is 14.2 Å². The van der Waals surface area contributed by atoms with Crippen LogP contribution in [-0.4, -0.2) is 25.9 Å². The predicted molar refractivity (Wildman–Crippen MR) is 69.0 cm³/mol. The second-order valence-electron chi connectivity index (χ2n) is 3.76. The molecule has 2 rings (SSSR count). The van der Waals surface area contributed by atoms with E-state index < -0.39 is 24.9 Å². The van der Waals surface area contributed by atoms with Gasteiger partial charge in [0.1, 0.15) is 6.16 Å². The Morgan fingerprint density at radius 1 is 1.16 bits per heavy atom. The van der Waals surface area contributed by atoms with E-state index in [0.29, 0.717) is 16.6 Å². The first kappa shape index (κ1) is 13.3. The van der Waals surface area contributed by atoms with Crippen molar-refractivity contribution in [2.45, 2.75) is 0 Å². The lowest BCUT2D eigenvalue weighted by molar-refractivity contribution is 0.377. The van der Waals surface area contributed by atoms with Crippen molar-refractivity contribution in [2.75, 3.05) is 6.16 Å². The average molecular weight is 280 g/mol. The number of nitrogens with one attached hydrogen (secondary N) is 2. The zero-order valence-corrected chi connectivity index (χ0v) is 10.4. The van der Waals surface area contributed by atoms with Crippen LogP contribution in [0.5, 0.6) is 0 Å². The number of rotatable bonds is 1. The van der Waals surface area contributed by atoms with Crippen LogP contribution in [0.25, 0.3) is 11.0 Å². The fraction of sp³-hybridized carbons (Fsp3) is 0.0909.